The summed E-state index contributed by atoms with van der Waals surface area (Å²) in [4.78, 5) is 4.44. The molecule has 0 atom stereocenters. The monoisotopic (exact) mass is 528 g/mol. The van der Waals surface area contributed by atoms with Gasteiger partial charge >= 0.3 is 0 Å². The van der Waals surface area contributed by atoms with Gasteiger partial charge in [-0.2, -0.15) is 4.31 Å². The summed E-state index contributed by atoms with van der Waals surface area (Å²) in [6.45, 7) is 10.2. The number of aryl methyl sites for hydroxylation is 1. The summed E-state index contributed by atoms with van der Waals surface area (Å²) in [5, 5.41) is 3.72. The molecule has 3 aromatic rings. The Morgan fingerprint density at radius 1 is 1.06 bits per heavy atom. The Hall–Kier alpha value is -2.29. The quantitative estimate of drug-likeness (QED) is 0.312. The summed E-state index contributed by atoms with van der Waals surface area (Å²) < 4.78 is 29.9. The fourth-order valence-electron chi connectivity index (χ4n) is 4.43. The number of hydrogen-bond acceptors (Lipinski definition) is 5. The molecular weight excluding hydrogens is 492 g/mol. The molecule has 1 heterocycles. The Balaban J connectivity index is 2.02. The van der Waals surface area contributed by atoms with Gasteiger partial charge in [-0.25, -0.2) is 8.42 Å². The zero-order chi connectivity index (χ0) is 26.3. The van der Waals surface area contributed by atoms with Gasteiger partial charge in [-0.05, 0) is 99.2 Å². The molecule has 0 fully saturated rings. The molecule has 2 aromatic carbocycles. The second-order valence-corrected chi connectivity index (χ2v) is 11.8. The van der Waals surface area contributed by atoms with Gasteiger partial charge in [-0.1, -0.05) is 35.9 Å². The van der Waals surface area contributed by atoms with Crippen molar-refractivity contribution in [1.82, 2.24) is 14.6 Å². The van der Waals surface area contributed by atoms with Gasteiger partial charge in [0, 0.05) is 37.1 Å². The summed E-state index contributed by atoms with van der Waals surface area (Å²) in [5.41, 5.74) is 9.40. The molecule has 6 nitrogen and oxygen atoms in total. The third-order valence-electron chi connectivity index (χ3n) is 6.60. The highest BCUT2D eigenvalue weighted by atomic mass is 35.5. The number of nitrogens with zero attached hydrogens (tertiary/aromatic N) is 2. The van der Waals surface area contributed by atoms with E-state index >= 15 is 0 Å². The van der Waals surface area contributed by atoms with Crippen LogP contribution in [0.15, 0.2) is 65.8 Å². The molecular formula is C28H37ClN4O2S. The van der Waals surface area contributed by atoms with Crippen LogP contribution in [-0.2, 0) is 15.6 Å². The van der Waals surface area contributed by atoms with E-state index in [0.29, 0.717) is 30.1 Å². The number of nitrogens with one attached hydrogen (secondary N) is 1. The largest absolute Gasteiger partial charge is 0.329 e. The lowest BCUT2D eigenvalue weighted by Crippen LogP contribution is -2.46. The molecule has 194 valence electrons. The van der Waals surface area contributed by atoms with Gasteiger partial charge in [0.05, 0.1) is 10.4 Å². The summed E-state index contributed by atoms with van der Waals surface area (Å²) >= 11 is 6.33. The number of sulfonamides is 1. The summed E-state index contributed by atoms with van der Waals surface area (Å²) in [5.74, 6) is 0. The number of unbranched alkanes of at least 4 members (excludes halogenated alkanes) is 1. The number of aromatic nitrogens is 1. The van der Waals surface area contributed by atoms with Crippen molar-refractivity contribution in [2.45, 2.75) is 51.0 Å². The first-order valence-electron chi connectivity index (χ1n) is 12.3. The molecule has 0 aliphatic carbocycles. The lowest BCUT2D eigenvalue weighted by Gasteiger charge is -2.38. The van der Waals surface area contributed by atoms with Crippen LogP contribution in [0, 0.1) is 13.8 Å². The first-order chi connectivity index (χ1) is 17.1. The highest BCUT2D eigenvalue weighted by Crippen LogP contribution is 2.37. The number of halogens is 1. The van der Waals surface area contributed by atoms with Crippen molar-refractivity contribution in [3.63, 3.8) is 0 Å². The van der Waals surface area contributed by atoms with E-state index in [9.17, 15) is 8.42 Å². The minimum atomic E-state index is -3.84. The lowest BCUT2D eigenvalue weighted by molar-refractivity contribution is 0.226. The minimum absolute atomic E-state index is 0.241. The molecule has 0 saturated heterocycles. The van der Waals surface area contributed by atoms with Crippen molar-refractivity contribution in [3.05, 3.63) is 82.6 Å². The maximum Gasteiger partial charge on any atom is 0.244 e. The van der Waals surface area contributed by atoms with E-state index in [1.165, 1.54) is 0 Å². The van der Waals surface area contributed by atoms with E-state index in [-0.39, 0.29) is 4.90 Å². The molecule has 0 unspecified atom stereocenters. The molecule has 8 heteroatoms. The van der Waals surface area contributed by atoms with Crippen LogP contribution in [-0.4, -0.2) is 43.9 Å². The van der Waals surface area contributed by atoms with Crippen molar-refractivity contribution in [2.75, 3.05) is 26.2 Å². The van der Waals surface area contributed by atoms with Crippen molar-refractivity contribution >= 4 is 21.6 Å². The SMILES string of the molecule is Cc1cnccc1-c1cccc(C(C)(C)N(CCCCNCCN)S(=O)(=O)c2cccc(Cl)c2C)c1. The molecule has 0 saturated carbocycles. The van der Waals surface area contributed by atoms with E-state index in [1.54, 1.807) is 35.6 Å². The molecule has 0 aliphatic heterocycles. The van der Waals surface area contributed by atoms with E-state index in [4.69, 9.17) is 17.3 Å². The fraction of sp³-hybridized carbons (Fsp3) is 0.393. The molecule has 0 amide bonds. The standard InChI is InChI=1S/C28H37ClN4O2S/c1-21-20-32-16-13-25(21)23-9-7-10-24(19-23)28(3,4)33(18-6-5-15-31-17-14-30)36(34,35)27-12-8-11-26(29)22(27)2/h7-13,16,19-20,31H,5-6,14-15,17-18,30H2,1-4H3. The highest BCUT2D eigenvalue weighted by Gasteiger charge is 2.39. The molecule has 0 bridgehead atoms. The van der Waals surface area contributed by atoms with Crippen LogP contribution in [0.25, 0.3) is 11.1 Å². The normalized spacial score (nSPS) is 12.3. The topological polar surface area (TPSA) is 88.3 Å². The number of hydrogen-bond donors (Lipinski definition) is 2. The first-order valence-corrected chi connectivity index (χ1v) is 14.1. The Labute approximate surface area is 220 Å². The van der Waals surface area contributed by atoms with Crippen LogP contribution in [0.3, 0.4) is 0 Å². The number of nitrogens with two attached hydrogens (primary N) is 1. The maximum absolute atomic E-state index is 14.1. The van der Waals surface area contributed by atoms with Gasteiger partial charge in [0.15, 0.2) is 0 Å². The molecule has 0 aliphatic rings. The molecule has 0 radical (unpaired) electrons. The predicted octanol–water partition coefficient (Wildman–Crippen LogP) is 5.27. The lowest BCUT2D eigenvalue weighted by atomic mass is 9.90. The Bertz CT molecular complexity index is 1280. The molecule has 36 heavy (non-hydrogen) atoms. The van der Waals surface area contributed by atoms with Gasteiger partial charge in [0.1, 0.15) is 0 Å². The van der Waals surface area contributed by atoms with Crippen LogP contribution >= 0.6 is 11.6 Å². The van der Waals surface area contributed by atoms with Gasteiger partial charge < -0.3 is 11.1 Å². The first kappa shape index (κ1) is 28.3. The van der Waals surface area contributed by atoms with Crippen LogP contribution in [0.2, 0.25) is 5.02 Å². The second-order valence-electron chi connectivity index (χ2n) is 9.52. The number of pyridine rings is 1. The van der Waals surface area contributed by atoms with Gasteiger partial charge in [-0.15, -0.1) is 0 Å². The number of benzene rings is 2. The fourth-order valence-corrected chi connectivity index (χ4v) is 6.72. The Morgan fingerprint density at radius 3 is 2.53 bits per heavy atom. The van der Waals surface area contributed by atoms with Gasteiger partial charge in [0.25, 0.3) is 0 Å². The number of rotatable bonds is 12. The second kappa shape index (κ2) is 12.3. The summed E-state index contributed by atoms with van der Waals surface area (Å²) in [6.07, 6.45) is 5.16. The maximum atomic E-state index is 14.1. The van der Waals surface area contributed by atoms with Crippen LogP contribution in [0.1, 0.15) is 43.4 Å². The summed E-state index contributed by atoms with van der Waals surface area (Å²) in [7, 11) is -3.84. The Kier molecular flexibility index (Phi) is 9.66. The average Bonchev–Trinajstić information content (AvgIpc) is 2.85. The van der Waals surface area contributed by atoms with Crippen molar-refractivity contribution in [1.29, 1.82) is 0 Å². The minimum Gasteiger partial charge on any atom is -0.329 e. The molecule has 0 spiro atoms. The smallest absolute Gasteiger partial charge is 0.244 e. The van der Waals surface area contributed by atoms with E-state index in [0.717, 1.165) is 41.8 Å². The summed E-state index contributed by atoms with van der Waals surface area (Å²) in [6, 6.07) is 15.1. The highest BCUT2D eigenvalue weighted by molar-refractivity contribution is 7.89. The zero-order valence-electron chi connectivity index (χ0n) is 21.6. The van der Waals surface area contributed by atoms with Crippen LogP contribution in [0.4, 0.5) is 0 Å². The van der Waals surface area contributed by atoms with E-state index in [1.807, 2.05) is 51.2 Å². The van der Waals surface area contributed by atoms with Crippen molar-refractivity contribution in [2.24, 2.45) is 5.73 Å². The molecule has 3 rings (SSSR count). The third kappa shape index (κ3) is 6.33. The van der Waals surface area contributed by atoms with Crippen molar-refractivity contribution in [3.8, 4) is 11.1 Å². The third-order valence-corrected chi connectivity index (χ3v) is 9.22. The Morgan fingerprint density at radius 2 is 1.81 bits per heavy atom. The predicted molar refractivity (Wildman–Crippen MR) is 149 cm³/mol. The van der Waals surface area contributed by atoms with Crippen LogP contribution in [0.5, 0.6) is 0 Å². The van der Waals surface area contributed by atoms with E-state index < -0.39 is 15.6 Å². The van der Waals surface area contributed by atoms with Crippen molar-refractivity contribution < 1.29 is 8.42 Å². The molecule has 1 aromatic heterocycles. The van der Waals surface area contributed by atoms with Crippen LogP contribution < -0.4 is 11.1 Å². The van der Waals surface area contributed by atoms with Gasteiger partial charge in [0.2, 0.25) is 10.0 Å². The van der Waals surface area contributed by atoms with Gasteiger partial charge in [-0.3, -0.25) is 4.98 Å². The zero-order valence-corrected chi connectivity index (χ0v) is 23.2. The average molecular weight is 529 g/mol. The molecule has 3 N–H and O–H groups in total. The van der Waals surface area contributed by atoms with E-state index in [2.05, 4.69) is 16.4 Å².